The Hall–Kier alpha value is -2.94. The number of hydrogen-bond donors (Lipinski definition) is 3. The normalized spacial score (nSPS) is 10.9. The fourth-order valence-corrected chi connectivity index (χ4v) is 2.94. The quantitative estimate of drug-likeness (QED) is 0.578. The van der Waals surface area contributed by atoms with E-state index in [1.165, 1.54) is 23.5 Å². The molecule has 0 saturated carbocycles. The first-order valence-electron chi connectivity index (χ1n) is 9.05. The molecule has 2 aromatic rings. The fraction of sp³-hybridized carbons (Fsp3) is 0.350. The first kappa shape index (κ1) is 22.4. The second kappa shape index (κ2) is 10.0. The average molecular weight is 421 g/mol. The van der Waals surface area contributed by atoms with Crippen LogP contribution in [0.5, 0.6) is 0 Å². The van der Waals surface area contributed by atoms with E-state index in [1.54, 1.807) is 32.9 Å². The van der Waals surface area contributed by atoms with Crippen LogP contribution < -0.4 is 16.0 Å². The molecule has 2 rings (SSSR count). The van der Waals surface area contributed by atoms with Crippen LogP contribution in [-0.4, -0.2) is 30.1 Å². The van der Waals surface area contributed by atoms with Crippen LogP contribution in [0, 0.1) is 5.82 Å². The number of halogens is 1. The number of carbonyl (C=O) groups excluding carboxylic acids is 3. The van der Waals surface area contributed by atoms with Crippen molar-refractivity contribution < 1.29 is 23.5 Å². The lowest BCUT2D eigenvalue weighted by atomic mass is 10.2. The van der Waals surface area contributed by atoms with Crippen LogP contribution in [0.2, 0.25) is 0 Å². The van der Waals surface area contributed by atoms with Gasteiger partial charge >= 0.3 is 6.09 Å². The lowest BCUT2D eigenvalue weighted by molar-refractivity contribution is -0.116. The van der Waals surface area contributed by atoms with Crippen LogP contribution in [0.3, 0.4) is 0 Å². The number of rotatable bonds is 7. The number of benzene rings is 1. The number of carbonyl (C=O) groups is 3. The molecule has 3 N–H and O–H groups in total. The van der Waals surface area contributed by atoms with Crippen LogP contribution in [-0.2, 0) is 9.53 Å². The van der Waals surface area contributed by atoms with Gasteiger partial charge in [0.2, 0.25) is 5.91 Å². The van der Waals surface area contributed by atoms with Gasteiger partial charge in [0.25, 0.3) is 5.91 Å². The highest BCUT2D eigenvalue weighted by atomic mass is 32.1. The lowest BCUT2D eigenvalue weighted by Crippen LogP contribution is -2.27. The van der Waals surface area contributed by atoms with Crippen molar-refractivity contribution >= 4 is 40.6 Å². The van der Waals surface area contributed by atoms with Crippen molar-refractivity contribution in [2.45, 2.75) is 39.2 Å². The summed E-state index contributed by atoms with van der Waals surface area (Å²) < 4.78 is 18.8. The molecular weight excluding hydrogens is 397 g/mol. The Balaban J connectivity index is 1.86. The van der Waals surface area contributed by atoms with Gasteiger partial charge in [-0.15, -0.1) is 11.3 Å². The average Bonchev–Trinajstić information content (AvgIpc) is 3.14. The first-order valence-corrected chi connectivity index (χ1v) is 9.93. The van der Waals surface area contributed by atoms with E-state index in [9.17, 15) is 18.8 Å². The number of thiophene rings is 1. The van der Waals surface area contributed by atoms with Gasteiger partial charge in [-0.3, -0.25) is 14.9 Å². The van der Waals surface area contributed by atoms with Crippen LogP contribution in [0.15, 0.2) is 35.7 Å². The second-order valence-corrected chi connectivity index (χ2v) is 8.15. The van der Waals surface area contributed by atoms with E-state index < -0.39 is 17.5 Å². The molecule has 0 fully saturated rings. The Kier molecular flexibility index (Phi) is 7.72. The summed E-state index contributed by atoms with van der Waals surface area (Å²) in [6.45, 7) is 5.49. The second-order valence-electron chi connectivity index (χ2n) is 7.20. The first-order chi connectivity index (χ1) is 13.6. The molecule has 1 aromatic carbocycles. The molecule has 1 aromatic heterocycles. The smallest absolute Gasteiger partial charge is 0.412 e. The highest BCUT2D eigenvalue weighted by molar-refractivity contribution is 7.12. The van der Waals surface area contributed by atoms with E-state index in [-0.39, 0.29) is 29.6 Å². The van der Waals surface area contributed by atoms with Gasteiger partial charge in [0, 0.05) is 13.0 Å². The molecule has 0 aliphatic carbocycles. The van der Waals surface area contributed by atoms with Crippen molar-refractivity contribution in [3.05, 3.63) is 46.4 Å². The monoisotopic (exact) mass is 421 g/mol. The van der Waals surface area contributed by atoms with Gasteiger partial charge in [0.05, 0.1) is 16.3 Å². The Bertz CT molecular complexity index is 863. The van der Waals surface area contributed by atoms with E-state index in [0.29, 0.717) is 17.8 Å². The van der Waals surface area contributed by atoms with E-state index in [4.69, 9.17) is 4.74 Å². The topological polar surface area (TPSA) is 96.5 Å². The number of hydrogen-bond acceptors (Lipinski definition) is 5. The third-order valence-corrected chi connectivity index (χ3v) is 4.37. The van der Waals surface area contributed by atoms with Gasteiger partial charge < -0.3 is 15.4 Å². The molecule has 0 unspecified atom stereocenters. The minimum atomic E-state index is -0.712. The molecule has 29 heavy (non-hydrogen) atoms. The SMILES string of the molecule is CC(C)(C)OC(=O)Nc1ccc(F)cc1NC(=O)CCCNC(=O)c1cccs1. The summed E-state index contributed by atoms with van der Waals surface area (Å²) in [6, 6.07) is 7.13. The zero-order chi connectivity index (χ0) is 21.4. The summed E-state index contributed by atoms with van der Waals surface area (Å²) in [5, 5.41) is 9.61. The molecule has 0 atom stereocenters. The fourth-order valence-electron chi connectivity index (χ4n) is 2.30. The molecule has 0 bridgehead atoms. The zero-order valence-corrected chi connectivity index (χ0v) is 17.3. The highest BCUT2D eigenvalue weighted by Crippen LogP contribution is 2.24. The van der Waals surface area contributed by atoms with Crippen molar-refractivity contribution in [3.8, 4) is 0 Å². The molecule has 0 aliphatic rings. The zero-order valence-electron chi connectivity index (χ0n) is 16.5. The summed E-state index contributed by atoms with van der Waals surface area (Å²) >= 11 is 1.34. The maximum absolute atomic E-state index is 13.6. The molecular formula is C20H24FN3O4S. The standard InChI is InChI=1S/C20H24FN3O4S/c1-20(2,3)28-19(27)24-14-9-8-13(21)12-15(14)23-17(25)7-4-10-22-18(26)16-6-5-11-29-16/h5-6,8-9,11-12H,4,7,10H2,1-3H3,(H,22,26)(H,23,25)(H,24,27). The Morgan fingerprint density at radius 1 is 1.10 bits per heavy atom. The third kappa shape index (κ3) is 7.90. The van der Waals surface area contributed by atoms with Crippen LogP contribution >= 0.6 is 11.3 Å². The van der Waals surface area contributed by atoms with Crippen molar-refractivity contribution in [1.82, 2.24) is 5.32 Å². The van der Waals surface area contributed by atoms with E-state index in [1.807, 2.05) is 5.38 Å². The van der Waals surface area contributed by atoms with Gasteiger partial charge in [0.15, 0.2) is 0 Å². The minimum absolute atomic E-state index is 0.118. The highest BCUT2D eigenvalue weighted by Gasteiger charge is 2.18. The summed E-state index contributed by atoms with van der Waals surface area (Å²) in [5.74, 6) is -1.11. The summed E-state index contributed by atoms with van der Waals surface area (Å²) in [6.07, 6.45) is -0.184. The molecule has 3 amide bonds. The van der Waals surface area contributed by atoms with Crippen LogP contribution in [0.4, 0.5) is 20.6 Å². The third-order valence-electron chi connectivity index (χ3n) is 3.50. The predicted octanol–water partition coefficient (Wildman–Crippen LogP) is 4.38. The van der Waals surface area contributed by atoms with E-state index in [0.717, 1.165) is 6.07 Å². The largest absolute Gasteiger partial charge is 0.444 e. The van der Waals surface area contributed by atoms with E-state index in [2.05, 4.69) is 16.0 Å². The Morgan fingerprint density at radius 2 is 1.86 bits per heavy atom. The number of nitrogens with one attached hydrogen (secondary N) is 3. The molecule has 1 heterocycles. The number of ether oxygens (including phenoxy) is 1. The molecule has 0 radical (unpaired) electrons. The van der Waals surface area contributed by atoms with Crippen LogP contribution in [0.25, 0.3) is 0 Å². The molecule has 156 valence electrons. The molecule has 0 saturated heterocycles. The Morgan fingerprint density at radius 3 is 2.52 bits per heavy atom. The van der Waals surface area contributed by atoms with Crippen molar-refractivity contribution in [3.63, 3.8) is 0 Å². The van der Waals surface area contributed by atoms with Gasteiger partial charge in [0.1, 0.15) is 11.4 Å². The van der Waals surface area contributed by atoms with Gasteiger partial charge in [-0.1, -0.05) is 6.07 Å². The maximum Gasteiger partial charge on any atom is 0.412 e. The summed E-state index contributed by atoms with van der Waals surface area (Å²) in [4.78, 5) is 36.6. The van der Waals surface area contributed by atoms with Gasteiger partial charge in [-0.05, 0) is 56.8 Å². The van der Waals surface area contributed by atoms with E-state index >= 15 is 0 Å². The van der Waals surface area contributed by atoms with Crippen molar-refractivity contribution in [1.29, 1.82) is 0 Å². The van der Waals surface area contributed by atoms with Gasteiger partial charge in [-0.25, -0.2) is 9.18 Å². The molecule has 0 spiro atoms. The van der Waals surface area contributed by atoms with Crippen molar-refractivity contribution in [2.75, 3.05) is 17.2 Å². The maximum atomic E-state index is 13.6. The summed E-state index contributed by atoms with van der Waals surface area (Å²) in [5.41, 5.74) is -0.343. The predicted molar refractivity (Wildman–Crippen MR) is 111 cm³/mol. The summed E-state index contributed by atoms with van der Waals surface area (Å²) in [7, 11) is 0. The minimum Gasteiger partial charge on any atom is -0.444 e. The van der Waals surface area contributed by atoms with Crippen LogP contribution in [0.1, 0.15) is 43.3 Å². The molecule has 9 heteroatoms. The molecule has 7 nitrogen and oxygen atoms in total. The number of anilines is 2. The van der Waals surface area contributed by atoms with Gasteiger partial charge in [-0.2, -0.15) is 0 Å². The number of amides is 3. The lowest BCUT2D eigenvalue weighted by Gasteiger charge is -2.20. The molecule has 0 aliphatic heterocycles. The Labute approximate surface area is 172 Å². The van der Waals surface area contributed by atoms with Crippen molar-refractivity contribution in [2.24, 2.45) is 0 Å².